The summed E-state index contributed by atoms with van der Waals surface area (Å²) < 4.78 is 5.22. The highest BCUT2D eigenvalue weighted by molar-refractivity contribution is 5.37. The molecule has 3 heteroatoms. The largest absolute Gasteiger partial charge is 0.497 e. The molecular formula is C19H20N2O. The number of ether oxygens (including phenoxy) is 1. The third-order valence-corrected chi connectivity index (χ3v) is 4.48. The van der Waals surface area contributed by atoms with E-state index in [1.54, 1.807) is 7.11 Å². The van der Waals surface area contributed by atoms with Crippen LogP contribution in [0.1, 0.15) is 24.0 Å². The molecular weight excluding hydrogens is 272 g/mol. The van der Waals surface area contributed by atoms with Crippen molar-refractivity contribution < 1.29 is 4.74 Å². The summed E-state index contributed by atoms with van der Waals surface area (Å²) in [4.78, 5) is 2.30. The minimum Gasteiger partial charge on any atom is -0.497 e. The smallest absolute Gasteiger partial charge is 0.135 e. The van der Waals surface area contributed by atoms with Crippen molar-refractivity contribution in [2.24, 2.45) is 0 Å². The van der Waals surface area contributed by atoms with E-state index in [0.29, 0.717) is 0 Å². The van der Waals surface area contributed by atoms with Crippen molar-refractivity contribution in [3.63, 3.8) is 0 Å². The molecule has 1 aliphatic rings. The first-order valence-corrected chi connectivity index (χ1v) is 7.63. The number of rotatable bonds is 4. The average molecular weight is 292 g/mol. The lowest BCUT2D eigenvalue weighted by Crippen LogP contribution is -2.39. The Balaban J connectivity index is 1.91. The predicted molar refractivity (Wildman–Crippen MR) is 86.4 cm³/mol. The first kappa shape index (κ1) is 14.6. The number of nitrogens with zero attached hydrogens (tertiary/aromatic N) is 2. The summed E-state index contributed by atoms with van der Waals surface area (Å²) >= 11 is 0. The van der Waals surface area contributed by atoms with Crippen LogP contribution in [0.3, 0.4) is 0 Å². The van der Waals surface area contributed by atoms with Crippen molar-refractivity contribution in [2.45, 2.75) is 24.9 Å². The number of methoxy groups -OCH3 is 1. The lowest BCUT2D eigenvalue weighted by molar-refractivity contribution is 0.184. The van der Waals surface area contributed by atoms with Gasteiger partial charge < -0.3 is 4.74 Å². The second-order valence-electron chi connectivity index (χ2n) is 5.71. The maximum absolute atomic E-state index is 9.92. The highest BCUT2D eigenvalue weighted by Gasteiger charge is 2.42. The van der Waals surface area contributed by atoms with Crippen molar-refractivity contribution in [3.05, 3.63) is 65.7 Å². The molecule has 0 spiro atoms. The van der Waals surface area contributed by atoms with Crippen LogP contribution >= 0.6 is 0 Å². The second kappa shape index (κ2) is 6.21. The van der Waals surface area contributed by atoms with Gasteiger partial charge in [-0.15, -0.1) is 0 Å². The molecule has 2 aromatic carbocycles. The van der Waals surface area contributed by atoms with Gasteiger partial charge >= 0.3 is 0 Å². The number of benzene rings is 2. The first-order valence-electron chi connectivity index (χ1n) is 7.63. The molecule has 1 unspecified atom stereocenters. The Morgan fingerprint density at radius 1 is 1.14 bits per heavy atom. The second-order valence-corrected chi connectivity index (χ2v) is 5.71. The number of hydrogen-bond donors (Lipinski definition) is 0. The van der Waals surface area contributed by atoms with Crippen molar-refractivity contribution in [2.75, 3.05) is 13.7 Å². The van der Waals surface area contributed by atoms with E-state index in [9.17, 15) is 5.26 Å². The van der Waals surface area contributed by atoms with Gasteiger partial charge in [-0.3, -0.25) is 4.90 Å². The Morgan fingerprint density at radius 3 is 2.50 bits per heavy atom. The lowest BCUT2D eigenvalue weighted by Gasteiger charge is -2.33. The van der Waals surface area contributed by atoms with Crippen LogP contribution in [0.25, 0.3) is 0 Å². The zero-order valence-corrected chi connectivity index (χ0v) is 12.8. The van der Waals surface area contributed by atoms with Crippen LogP contribution in [0, 0.1) is 11.3 Å². The van der Waals surface area contributed by atoms with E-state index in [4.69, 9.17) is 4.74 Å². The maximum Gasteiger partial charge on any atom is 0.135 e. The summed E-state index contributed by atoms with van der Waals surface area (Å²) in [7, 11) is 1.66. The van der Waals surface area contributed by atoms with E-state index in [2.05, 4.69) is 23.1 Å². The van der Waals surface area contributed by atoms with Gasteiger partial charge in [0.05, 0.1) is 13.2 Å². The topological polar surface area (TPSA) is 36.3 Å². The fourth-order valence-corrected chi connectivity index (χ4v) is 3.28. The molecule has 3 nitrogen and oxygen atoms in total. The summed E-state index contributed by atoms with van der Waals surface area (Å²) in [5.74, 6) is 0.824. The van der Waals surface area contributed by atoms with Crippen LogP contribution in [0.4, 0.5) is 0 Å². The van der Waals surface area contributed by atoms with Crippen molar-refractivity contribution >= 4 is 0 Å². The van der Waals surface area contributed by atoms with E-state index in [-0.39, 0.29) is 0 Å². The Morgan fingerprint density at radius 2 is 1.86 bits per heavy atom. The molecule has 0 radical (unpaired) electrons. The summed E-state index contributed by atoms with van der Waals surface area (Å²) in [6.07, 6.45) is 1.93. The molecule has 0 N–H and O–H groups in total. The maximum atomic E-state index is 9.92. The minimum absolute atomic E-state index is 0.526. The van der Waals surface area contributed by atoms with Gasteiger partial charge in [-0.1, -0.05) is 42.5 Å². The molecule has 0 amide bonds. The van der Waals surface area contributed by atoms with Crippen molar-refractivity contribution in [1.29, 1.82) is 5.26 Å². The molecule has 0 saturated carbocycles. The highest BCUT2D eigenvalue weighted by Crippen LogP contribution is 2.39. The molecule has 1 heterocycles. The fraction of sp³-hybridized carbons (Fsp3) is 0.316. The standard InChI is InChI=1S/C19H20N2O/c1-22-18-10-8-17(9-11-18)19(15-20)12-5-13-21(19)14-16-6-3-2-4-7-16/h2-4,6-11H,5,12-14H2,1H3. The lowest BCUT2D eigenvalue weighted by atomic mass is 9.88. The fourth-order valence-electron chi connectivity index (χ4n) is 3.28. The van der Waals surface area contributed by atoms with Crippen LogP contribution < -0.4 is 4.74 Å². The minimum atomic E-state index is -0.526. The monoisotopic (exact) mass is 292 g/mol. The van der Waals surface area contributed by atoms with Crippen LogP contribution in [0.15, 0.2) is 54.6 Å². The molecule has 3 rings (SSSR count). The first-order chi connectivity index (χ1) is 10.8. The third kappa shape index (κ3) is 2.58. The Bertz CT molecular complexity index is 660. The van der Waals surface area contributed by atoms with Crippen LogP contribution in [-0.4, -0.2) is 18.6 Å². The zero-order chi connectivity index (χ0) is 15.4. The van der Waals surface area contributed by atoms with E-state index in [1.807, 2.05) is 42.5 Å². The number of hydrogen-bond acceptors (Lipinski definition) is 3. The Labute approximate surface area is 131 Å². The number of likely N-dealkylation sites (tertiary alicyclic amines) is 1. The average Bonchev–Trinajstić information content (AvgIpc) is 2.99. The van der Waals surface area contributed by atoms with E-state index in [1.165, 1.54) is 5.56 Å². The van der Waals surface area contributed by atoms with Crippen LogP contribution in [0.5, 0.6) is 5.75 Å². The van der Waals surface area contributed by atoms with E-state index < -0.39 is 5.54 Å². The molecule has 1 fully saturated rings. The molecule has 1 aliphatic heterocycles. The zero-order valence-electron chi connectivity index (χ0n) is 12.8. The SMILES string of the molecule is COc1ccc(C2(C#N)CCCN2Cc2ccccc2)cc1. The van der Waals surface area contributed by atoms with Crippen molar-refractivity contribution in [1.82, 2.24) is 4.90 Å². The third-order valence-electron chi connectivity index (χ3n) is 4.48. The highest BCUT2D eigenvalue weighted by atomic mass is 16.5. The summed E-state index contributed by atoms with van der Waals surface area (Å²) in [6, 6.07) is 20.9. The van der Waals surface area contributed by atoms with Gasteiger partial charge in [0, 0.05) is 13.1 Å². The van der Waals surface area contributed by atoms with Gasteiger partial charge in [-0.05, 0) is 36.1 Å². The normalized spacial score (nSPS) is 21.5. The van der Waals surface area contributed by atoms with Crippen molar-refractivity contribution in [3.8, 4) is 11.8 Å². The van der Waals surface area contributed by atoms with Gasteiger partial charge in [0.2, 0.25) is 0 Å². The molecule has 0 aliphatic carbocycles. The summed E-state index contributed by atoms with van der Waals surface area (Å²) in [6.45, 7) is 1.76. The van der Waals surface area contributed by atoms with Gasteiger partial charge in [-0.25, -0.2) is 0 Å². The summed E-state index contributed by atoms with van der Waals surface area (Å²) in [5, 5.41) is 9.92. The Hall–Kier alpha value is -2.31. The predicted octanol–water partition coefficient (Wildman–Crippen LogP) is 3.71. The molecule has 1 saturated heterocycles. The van der Waals surface area contributed by atoms with Gasteiger partial charge in [-0.2, -0.15) is 5.26 Å². The molecule has 0 bridgehead atoms. The molecule has 2 aromatic rings. The summed E-state index contributed by atoms with van der Waals surface area (Å²) in [5.41, 5.74) is 1.78. The molecule has 0 aromatic heterocycles. The molecule has 112 valence electrons. The molecule has 1 atom stereocenters. The van der Waals surface area contributed by atoms with E-state index in [0.717, 1.165) is 37.2 Å². The quantitative estimate of drug-likeness (QED) is 0.862. The molecule has 22 heavy (non-hydrogen) atoms. The van der Waals surface area contributed by atoms with Crippen LogP contribution in [0.2, 0.25) is 0 Å². The Kier molecular flexibility index (Phi) is 4.13. The van der Waals surface area contributed by atoms with Gasteiger partial charge in [0.1, 0.15) is 11.3 Å². The number of nitriles is 1. The van der Waals surface area contributed by atoms with E-state index >= 15 is 0 Å². The van der Waals surface area contributed by atoms with Gasteiger partial charge in [0.15, 0.2) is 0 Å². The van der Waals surface area contributed by atoms with Crippen LogP contribution in [-0.2, 0) is 12.1 Å². The van der Waals surface area contributed by atoms with Gasteiger partial charge in [0.25, 0.3) is 0 Å².